The second-order valence-electron chi connectivity index (χ2n) is 4.60. The highest BCUT2D eigenvalue weighted by molar-refractivity contribution is 5.87. The fourth-order valence-corrected chi connectivity index (χ4v) is 2.43. The van der Waals surface area contributed by atoms with Crippen LogP contribution < -0.4 is 10.7 Å². The molecule has 2 N–H and O–H groups in total. The standard InChI is InChI=1S/C13H17N3O2/c17-13(15-16-5-7-18-8-6-16)11-9-14-12-4-2-1-3-10(11)12/h1-4,11,14H,5-9H2,(H,15,17). The molecule has 2 aliphatic rings. The van der Waals surface area contributed by atoms with Gasteiger partial charge >= 0.3 is 0 Å². The molecule has 96 valence electrons. The van der Waals surface area contributed by atoms with Crippen molar-refractivity contribution in [3.05, 3.63) is 29.8 Å². The monoisotopic (exact) mass is 247 g/mol. The third-order valence-corrected chi connectivity index (χ3v) is 3.43. The minimum Gasteiger partial charge on any atom is -0.384 e. The van der Waals surface area contributed by atoms with E-state index in [4.69, 9.17) is 4.74 Å². The Balaban J connectivity index is 1.67. The molecule has 0 saturated carbocycles. The summed E-state index contributed by atoms with van der Waals surface area (Å²) in [4.78, 5) is 12.2. The van der Waals surface area contributed by atoms with E-state index >= 15 is 0 Å². The van der Waals surface area contributed by atoms with Gasteiger partial charge in [-0.3, -0.25) is 10.2 Å². The molecule has 3 rings (SSSR count). The van der Waals surface area contributed by atoms with Crippen molar-refractivity contribution in [2.75, 3.05) is 38.2 Å². The molecule has 1 saturated heterocycles. The molecule has 18 heavy (non-hydrogen) atoms. The summed E-state index contributed by atoms with van der Waals surface area (Å²) in [5.41, 5.74) is 5.13. The summed E-state index contributed by atoms with van der Waals surface area (Å²) in [7, 11) is 0. The zero-order valence-electron chi connectivity index (χ0n) is 10.2. The molecule has 0 aromatic heterocycles. The first-order valence-electron chi connectivity index (χ1n) is 6.30. The first kappa shape index (κ1) is 11.5. The third kappa shape index (κ3) is 2.19. The molecule has 0 radical (unpaired) electrons. The minimum absolute atomic E-state index is 0.0642. The van der Waals surface area contributed by atoms with Crippen molar-refractivity contribution < 1.29 is 9.53 Å². The van der Waals surface area contributed by atoms with Crippen LogP contribution in [0.25, 0.3) is 0 Å². The SMILES string of the molecule is O=C(NN1CCOCC1)C1CNc2ccccc21. The van der Waals surface area contributed by atoms with E-state index in [1.807, 2.05) is 29.3 Å². The lowest BCUT2D eigenvalue weighted by Crippen LogP contribution is -2.50. The van der Waals surface area contributed by atoms with E-state index in [1.54, 1.807) is 0 Å². The van der Waals surface area contributed by atoms with E-state index < -0.39 is 0 Å². The van der Waals surface area contributed by atoms with Gasteiger partial charge in [0.05, 0.1) is 19.1 Å². The Kier molecular flexibility index (Phi) is 3.17. The average molecular weight is 247 g/mol. The maximum atomic E-state index is 12.2. The molecule has 5 nitrogen and oxygen atoms in total. The highest BCUT2D eigenvalue weighted by Gasteiger charge is 2.29. The Bertz CT molecular complexity index is 444. The zero-order chi connectivity index (χ0) is 12.4. The van der Waals surface area contributed by atoms with Crippen LogP contribution >= 0.6 is 0 Å². The molecule has 1 aromatic carbocycles. The van der Waals surface area contributed by atoms with Crippen molar-refractivity contribution in [3.8, 4) is 0 Å². The van der Waals surface area contributed by atoms with Crippen LogP contribution in [-0.4, -0.2) is 43.8 Å². The second-order valence-corrected chi connectivity index (χ2v) is 4.60. The van der Waals surface area contributed by atoms with Crippen LogP contribution in [0, 0.1) is 0 Å². The number of nitrogens with zero attached hydrogens (tertiary/aromatic N) is 1. The number of carbonyl (C=O) groups is 1. The van der Waals surface area contributed by atoms with E-state index in [-0.39, 0.29) is 11.8 Å². The number of benzene rings is 1. The van der Waals surface area contributed by atoms with Crippen molar-refractivity contribution in [2.24, 2.45) is 0 Å². The van der Waals surface area contributed by atoms with Crippen molar-refractivity contribution in [1.82, 2.24) is 10.4 Å². The predicted octanol–water partition coefficient (Wildman–Crippen LogP) is 0.559. The van der Waals surface area contributed by atoms with E-state index in [0.717, 1.165) is 24.3 Å². The van der Waals surface area contributed by atoms with Gasteiger partial charge in [-0.25, -0.2) is 5.01 Å². The summed E-state index contributed by atoms with van der Waals surface area (Å²) >= 11 is 0. The molecule has 2 aliphatic heterocycles. The fraction of sp³-hybridized carbons (Fsp3) is 0.462. The molecule has 5 heteroatoms. The van der Waals surface area contributed by atoms with Crippen LogP contribution in [0.1, 0.15) is 11.5 Å². The molecule has 0 aliphatic carbocycles. The lowest BCUT2D eigenvalue weighted by Gasteiger charge is -2.28. The number of ether oxygens (including phenoxy) is 1. The van der Waals surface area contributed by atoms with Crippen LogP contribution in [0.4, 0.5) is 5.69 Å². The quantitative estimate of drug-likeness (QED) is 0.802. The van der Waals surface area contributed by atoms with Crippen LogP contribution in [-0.2, 0) is 9.53 Å². The van der Waals surface area contributed by atoms with Crippen LogP contribution in [0.3, 0.4) is 0 Å². The average Bonchev–Trinajstić information content (AvgIpc) is 2.84. The summed E-state index contributed by atoms with van der Waals surface area (Å²) < 4.78 is 5.26. The van der Waals surface area contributed by atoms with Gasteiger partial charge in [-0.2, -0.15) is 0 Å². The first-order chi connectivity index (χ1) is 8.84. The van der Waals surface area contributed by atoms with E-state index in [0.29, 0.717) is 19.8 Å². The Hall–Kier alpha value is -1.59. The van der Waals surface area contributed by atoms with Crippen LogP contribution in [0.2, 0.25) is 0 Å². The zero-order valence-corrected chi connectivity index (χ0v) is 10.2. The number of hydrazine groups is 1. The van der Waals surface area contributed by atoms with Gasteiger partial charge in [0.2, 0.25) is 5.91 Å². The first-order valence-corrected chi connectivity index (χ1v) is 6.30. The Morgan fingerprint density at radius 2 is 2.11 bits per heavy atom. The number of fused-ring (bicyclic) bond motifs is 1. The largest absolute Gasteiger partial charge is 0.384 e. The Morgan fingerprint density at radius 3 is 2.94 bits per heavy atom. The second kappa shape index (κ2) is 4.96. The molecule has 1 unspecified atom stereocenters. The smallest absolute Gasteiger partial charge is 0.243 e. The number of anilines is 1. The number of nitrogens with one attached hydrogen (secondary N) is 2. The van der Waals surface area contributed by atoms with Crippen LogP contribution in [0.5, 0.6) is 0 Å². The molecule has 0 spiro atoms. The third-order valence-electron chi connectivity index (χ3n) is 3.43. The van der Waals surface area contributed by atoms with Gasteiger partial charge in [-0.1, -0.05) is 18.2 Å². The molecule has 1 amide bonds. The van der Waals surface area contributed by atoms with Crippen molar-refractivity contribution >= 4 is 11.6 Å². The highest BCUT2D eigenvalue weighted by atomic mass is 16.5. The molecular formula is C13H17N3O2. The van der Waals surface area contributed by atoms with Gasteiger partial charge in [-0.05, 0) is 11.6 Å². The number of hydrogen-bond acceptors (Lipinski definition) is 4. The molecule has 1 aromatic rings. The van der Waals surface area contributed by atoms with Crippen LogP contribution in [0.15, 0.2) is 24.3 Å². The lowest BCUT2D eigenvalue weighted by molar-refractivity contribution is -0.129. The molecule has 0 bridgehead atoms. The molecule has 2 heterocycles. The summed E-state index contributed by atoms with van der Waals surface area (Å²) in [6, 6.07) is 7.98. The van der Waals surface area contributed by atoms with Crippen molar-refractivity contribution in [3.63, 3.8) is 0 Å². The molecule has 1 fully saturated rings. The fourth-order valence-electron chi connectivity index (χ4n) is 2.43. The number of rotatable bonds is 2. The van der Waals surface area contributed by atoms with Crippen molar-refractivity contribution in [1.29, 1.82) is 0 Å². The minimum atomic E-state index is -0.0935. The number of amides is 1. The van der Waals surface area contributed by atoms with Gasteiger partial charge < -0.3 is 10.1 Å². The Morgan fingerprint density at radius 1 is 1.33 bits per heavy atom. The molecular weight excluding hydrogens is 230 g/mol. The van der Waals surface area contributed by atoms with Gasteiger partial charge in [0, 0.05) is 25.3 Å². The number of morpholine rings is 1. The van der Waals surface area contributed by atoms with Gasteiger partial charge in [-0.15, -0.1) is 0 Å². The summed E-state index contributed by atoms with van der Waals surface area (Å²) in [6.07, 6.45) is 0. The summed E-state index contributed by atoms with van der Waals surface area (Å²) in [5, 5.41) is 5.20. The number of hydrogen-bond donors (Lipinski definition) is 2. The Labute approximate surface area is 106 Å². The normalized spacial score (nSPS) is 23.2. The van der Waals surface area contributed by atoms with E-state index in [1.165, 1.54) is 0 Å². The van der Waals surface area contributed by atoms with E-state index in [2.05, 4.69) is 10.7 Å². The predicted molar refractivity (Wildman–Crippen MR) is 68.2 cm³/mol. The van der Waals surface area contributed by atoms with Gasteiger partial charge in [0.1, 0.15) is 0 Å². The number of para-hydroxylation sites is 1. The summed E-state index contributed by atoms with van der Waals surface area (Å²) in [5.74, 6) is -0.0293. The summed E-state index contributed by atoms with van der Waals surface area (Å²) in [6.45, 7) is 3.55. The van der Waals surface area contributed by atoms with Crippen molar-refractivity contribution in [2.45, 2.75) is 5.92 Å². The maximum absolute atomic E-state index is 12.2. The topological polar surface area (TPSA) is 53.6 Å². The number of carbonyl (C=O) groups excluding carboxylic acids is 1. The van der Waals surface area contributed by atoms with Gasteiger partial charge in [0.15, 0.2) is 0 Å². The maximum Gasteiger partial charge on any atom is 0.243 e. The van der Waals surface area contributed by atoms with Gasteiger partial charge in [0.25, 0.3) is 0 Å². The highest BCUT2D eigenvalue weighted by Crippen LogP contribution is 2.30. The molecule has 1 atom stereocenters. The van der Waals surface area contributed by atoms with E-state index in [9.17, 15) is 4.79 Å². The lowest BCUT2D eigenvalue weighted by atomic mass is 10.0.